The smallest absolute Gasteiger partial charge is 0.255 e. The maximum Gasteiger partial charge on any atom is 0.255 e. The minimum atomic E-state index is -0.221. The third kappa shape index (κ3) is 5.21. The zero-order valence-electron chi connectivity index (χ0n) is 14.7. The lowest BCUT2D eigenvalue weighted by Gasteiger charge is -2.08. The predicted octanol–water partition coefficient (Wildman–Crippen LogP) is 4.05. The molecule has 0 spiro atoms. The first-order valence-corrected chi connectivity index (χ1v) is 9.70. The summed E-state index contributed by atoms with van der Waals surface area (Å²) in [6.45, 7) is 1.81. The highest BCUT2D eigenvalue weighted by atomic mass is 35.5. The van der Waals surface area contributed by atoms with Crippen LogP contribution in [0, 0.1) is 6.92 Å². The predicted molar refractivity (Wildman–Crippen MR) is 110 cm³/mol. The van der Waals surface area contributed by atoms with E-state index in [2.05, 4.69) is 15.3 Å². The molecule has 138 valence electrons. The highest BCUT2D eigenvalue weighted by Crippen LogP contribution is 2.21. The summed E-state index contributed by atoms with van der Waals surface area (Å²) in [6, 6.07) is 16.8. The Morgan fingerprint density at radius 2 is 1.85 bits per heavy atom. The van der Waals surface area contributed by atoms with E-state index in [1.54, 1.807) is 31.2 Å². The van der Waals surface area contributed by atoms with Gasteiger partial charge in [0.2, 0.25) is 5.91 Å². The third-order valence-corrected chi connectivity index (χ3v) is 5.12. The van der Waals surface area contributed by atoms with Crippen molar-refractivity contribution in [3.8, 4) is 0 Å². The van der Waals surface area contributed by atoms with Crippen molar-refractivity contribution in [2.75, 3.05) is 11.1 Å². The molecule has 5 nitrogen and oxygen atoms in total. The Hall–Kier alpha value is -2.57. The molecule has 1 heterocycles. The van der Waals surface area contributed by atoms with Crippen molar-refractivity contribution >= 4 is 35.0 Å². The van der Waals surface area contributed by atoms with Gasteiger partial charge in [0.05, 0.1) is 16.5 Å². The number of anilines is 1. The normalized spacial score (nSPS) is 10.6. The topological polar surface area (TPSA) is 74.8 Å². The van der Waals surface area contributed by atoms with Crippen LogP contribution in [0.4, 0.5) is 5.69 Å². The fourth-order valence-electron chi connectivity index (χ4n) is 2.54. The average Bonchev–Trinajstić information content (AvgIpc) is 2.66. The Bertz CT molecular complexity index is 1010. The molecule has 1 aromatic heterocycles. The Balaban J connectivity index is 1.65. The number of aromatic amines is 1. The average molecular weight is 400 g/mol. The SMILES string of the molecule is Cc1nc(SCC(=O)Nc2ccccc2Cl)[nH]c(=O)c1Cc1ccccc1. The Kier molecular flexibility index (Phi) is 6.32. The van der Waals surface area contributed by atoms with E-state index in [-0.39, 0.29) is 17.2 Å². The molecule has 3 rings (SSSR count). The van der Waals surface area contributed by atoms with Crippen LogP contribution in [0.1, 0.15) is 16.8 Å². The van der Waals surface area contributed by atoms with Crippen molar-refractivity contribution in [3.63, 3.8) is 0 Å². The number of benzene rings is 2. The number of aryl methyl sites for hydroxylation is 1. The molecular formula is C20H18ClN3O2S. The molecule has 1 amide bonds. The van der Waals surface area contributed by atoms with E-state index in [4.69, 9.17) is 11.6 Å². The molecule has 0 bridgehead atoms. The number of para-hydroxylation sites is 1. The largest absolute Gasteiger partial charge is 0.324 e. The fourth-order valence-corrected chi connectivity index (χ4v) is 3.43. The van der Waals surface area contributed by atoms with Gasteiger partial charge in [0.1, 0.15) is 0 Å². The van der Waals surface area contributed by atoms with Crippen molar-refractivity contribution < 1.29 is 4.79 Å². The maximum absolute atomic E-state index is 12.4. The summed E-state index contributed by atoms with van der Waals surface area (Å²) >= 11 is 7.20. The number of carbonyl (C=O) groups is 1. The summed E-state index contributed by atoms with van der Waals surface area (Å²) in [5.41, 5.74) is 2.72. The number of carbonyl (C=O) groups excluding carboxylic acids is 1. The molecule has 0 aliphatic heterocycles. The molecular weight excluding hydrogens is 382 g/mol. The first-order valence-electron chi connectivity index (χ1n) is 8.34. The first kappa shape index (κ1) is 19.2. The van der Waals surface area contributed by atoms with Crippen molar-refractivity contribution in [2.45, 2.75) is 18.5 Å². The molecule has 0 atom stereocenters. The van der Waals surface area contributed by atoms with Gasteiger partial charge in [-0.2, -0.15) is 0 Å². The molecule has 3 aromatic rings. The quantitative estimate of drug-likeness (QED) is 0.484. The second-order valence-electron chi connectivity index (χ2n) is 5.91. The molecule has 0 aliphatic rings. The molecule has 0 radical (unpaired) electrons. The van der Waals surface area contributed by atoms with Crippen molar-refractivity contribution in [3.05, 3.63) is 86.8 Å². The van der Waals surface area contributed by atoms with E-state index in [0.29, 0.717) is 33.5 Å². The summed E-state index contributed by atoms with van der Waals surface area (Å²) in [7, 11) is 0. The van der Waals surface area contributed by atoms with Crippen LogP contribution in [0.2, 0.25) is 5.02 Å². The van der Waals surface area contributed by atoms with Gasteiger partial charge in [-0.1, -0.05) is 65.8 Å². The summed E-state index contributed by atoms with van der Waals surface area (Å²) in [6.07, 6.45) is 0.521. The van der Waals surface area contributed by atoms with Gasteiger partial charge in [0, 0.05) is 17.7 Å². The maximum atomic E-state index is 12.4. The van der Waals surface area contributed by atoms with Crippen molar-refractivity contribution in [2.24, 2.45) is 0 Å². The molecule has 2 N–H and O–H groups in total. The zero-order chi connectivity index (χ0) is 19.2. The summed E-state index contributed by atoms with van der Waals surface area (Å²) < 4.78 is 0. The second kappa shape index (κ2) is 8.88. The van der Waals surface area contributed by atoms with Crippen LogP contribution in [-0.2, 0) is 11.2 Å². The monoisotopic (exact) mass is 399 g/mol. The summed E-state index contributed by atoms with van der Waals surface area (Å²) in [5.74, 6) is -0.104. The van der Waals surface area contributed by atoms with Crippen LogP contribution in [-0.4, -0.2) is 21.6 Å². The standard InChI is InChI=1S/C20H18ClN3O2S/c1-13-15(11-14-7-3-2-4-8-14)19(26)24-20(22-13)27-12-18(25)23-17-10-6-5-9-16(17)21/h2-10H,11-12H2,1H3,(H,23,25)(H,22,24,26). The Morgan fingerprint density at radius 3 is 2.56 bits per heavy atom. The molecule has 27 heavy (non-hydrogen) atoms. The zero-order valence-corrected chi connectivity index (χ0v) is 16.2. The highest BCUT2D eigenvalue weighted by Gasteiger charge is 2.11. The summed E-state index contributed by atoms with van der Waals surface area (Å²) in [5, 5.41) is 3.64. The minimum Gasteiger partial charge on any atom is -0.324 e. The number of H-pyrrole nitrogens is 1. The molecule has 0 unspecified atom stereocenters. The number of rotatable bonds is 6. The van der Waals surface area contributed by atoms with Crippen LogP contribution in [0.3, 0.4) is 0 Å². The molecule has 7 heteroatoms. The van der Waals surface area contributed by atoms with E-state index in [0.717, 1.165) is 5.56 Å². The number of nitrogens with one attached hydrogen (secondary N) is 2. The van der Waals surface area contributed by atoms with Gasteiger partial charge in [-0.25, -0.2) is 4.98 Å². The number of amides is 1. The second-order valence-corrected chi connectivity index (χ2v) is 7.29. The van der Waals surface area contributed by atoms with Gasteiger partial charge >= 0.3 is 0 Å². The molecule has 0 fully saturated rings. The third-order valence-electron chi connectivity index (χ3n) is 3.91. The number of thioether (sulfide) groups is 1. The molecule has 0 saturated heterocycles. The number of nitrogens with zero attached hydrogens (tertiary/aromatic N) is 1. The lowest BCUT2D eigenvalue weighted by molar-refractivity contribution is -0.113. The summed E-state index contributed by atoms with van der Waals surface area (Å²) in [4.78, 5) is 31.7. The minimum absolute atomic E-state index is 0.117. The van der Waals surface area contributed by atoms with E-state index >= 15 is 0 Å². The lowest BCUT2D eigenvalue weighted by atomic mass is 10.1. The van der Waals surface area contributed by atoms with Crippen LogP contribution in [0.25, 0.3) is 0 Å². The van der Waals surface area contributed by atoms with Gasteiger partial charge in [-0.05, 0) is 24.6 Å². The van der Waals surface area contributed by atoms with Crippen LogP contribution < -0.4 is 10.9 Å². The lowest BCUT2D eigenvalue weighted by Crippen LogP contribution is -2.19. The van der Waals surface area contributed by atoms with E-state index in [9.17, 15) is 9.59 Å². The highest BCUT2D eigenvalue weighted by molar-refractivity contribution is 7.99. The van der Waals surface area contributed by atoms with Gasteiger partial charge in [-0.3, -0.25) is 9.59 Å². The Labute approximate surface area is 166 Å². The molecule has 2 aromatic carbocycles. The number of hydrogen-bond acceptors (Lipinski definition) is 4. The molecule has 0 saturated carbocycles. The number of hydrogen-bond donors (Lipinski definition) is 2. The van der Waals surface area contributed by atoms with Crippen LogP contribution in [0.5, 0.6) is 0 Å². The first-order chi connectivity index (χ1) is 13.0. The van der Waals surface area contributed by atoms with Crippen LogP contribution in [0.15, 0.2) is 64.5 Å². The van der Waals surface area contributed by atoms with E-state index < -0.39 is 0 Å². The van der Waals surface area contributed by atoms with Gasteiger partial charge < -0.3 is 10.3 Å². The number of halogens is 1. The van der Waals surface area contributed by atoms with Crippen molar-refractivity contribution in [1.29, 1.82) is 0 Å². The van der Waals surface area contributed by atoms with Crippen LogP contribution >= 0.6 is 23.4 Å². The Morgan fingerprint density at radius 1 is 1.15 bits per heavy atom. The van der Waals surface area contributed by atoms with Crippen molar-refractivity contribution in [1.82, 2.24) is 9.97 Å². The fraction of sp³-hybridized carbons (Fsp3) is 0.150. The number of aromatic nitrogens is 2. The van der Waals surface area contributed by atoms with Gasteiger partial charge in [0.15, 0.2) is 5.16 Å². The van der Waals surface area contributed by atoms with E-state index in [1.807, 2.05) is 30.3 Å². The van der Waals surface area contributed by atoms with Gasteiger partial charge in [0.25, 0.3) is 5.56 Å². The van der Waals surface area contributed by atoms with Gasteiger partial charge in [-0.15, -0.1) is 0 Å². The van der Waals surface area contributed by atoms with E-state index in [1.165, 1.54) is 11.8 Å². The molecule has 0 aliphatic carbocycles.